The van der Waals surface area contributed by atoms with Crippen LogP contribution in [0.15, 0.2) is 24.4 Å². The first kappa shape index (κ1) is 16.0. The fourth-order valence-corrected chi connectivity index (χ4v) is 2.24. The Morgan fingerprint density at radius 1 is 1.38 bits per heavy atom. The summed E-state index contributed by atoms with van der Waals surface area (Å²) in [5.41, 5.74) is 3.12. The molecule has 21 heavy (non-hydrogen) atoms. The van der Waals surface area contributed by atoms with Gasteiger partial charge < -0.3 is 5.32 Å². The number of rotatable bonds is 6. The van der Waals surface area contributed by atoms with E-state index in [0.717, 1.165) is 24.3 Å². The zero-order chi connectivity index (χ0) is 15.4. The van der Waals surface area contributed by atoms with Gasteiger partial charge in [0.15, 0.2) is 0 Å². The molecule has 0 atom stereocenters. The third-order valence-electron chi connectivity index (χ3n) is 3.39. The van der Waals surface area contributed by atoms with Crippen molar-refractivity contribution in [3.8, 4) is 0 Å². The topological polar surface area (TPSA) is 29.9 Å². The van der Waals surface area contributed by atoms with Crippen LogP contribution in [-0.4, -0.2) is 16.3 Å². The molecule has 1 aromatic carbocycles. The lowest BCUT2D eigenvalue weighted by Gasteiger charge is -2.08. The van der Waals surface area contributed by atoms with Crippen LogP contribution in [0.5, 0.6) is 0 Å². The predicted octanol–water partition coefficient (Wildman–Crippen LogP) is 3.78. The summed E-state index contributed by atoms with van der Waals surface area (Å²) < 4.78 is 15.3. The maximum absolute atomic E-state index is 13.5. The van der Waals surface area contributed by atoms with Gasteiger partial charge in [0.1, 0.15) is 5.82 Å². The summed E-state index contributed by atoms with van der Waals surface area (Å²) in [5, 5.41) is 7.93. The van der Waals surface area contributed by atoms with Gasteiger partial charge in [0.25, 0.3) is 0 Å². The van der Waals surface area contributed by atoms with E-state index in [2.05, 4.69) is 24.3 Å². The molecule has 0 saturated carbocycles. The van der Waals surface area contributed by atoms with Crippen molar-refractivity contribution < 1.29 is 4.39 Å². The van der Waals surface area contributed by atoms with Crippen molar-refractivity contribution in [1.29, 1.82) is 0 Å². The summed E-state index contributed by atoms with van der Waals surface area (Å²) in [7, 11) is 0. The van der Waals surface area contributed by atoms with Gasteiger partial charge in [0.2, 0.25) is 0 Å². The second kappa shape index (κ2) is 7.05. The molecule has 0 aliphatic carbocycles. The van der Waals surface area contributed by atoms with Crippen LogP contribution in [0.25, 0.3) is 0 Å². The molecule has 0 radical (unpaired) electrons. The van der Waals surface area contributed by atoms with Crippen LogP contribution in [0.4, 0.5) is 4.39 Å². The molecule has 0 aliphatic rings. The standard InChI is InChI=1S/C16H21ClFN3/c1-11(2)7-19-8-14-9-20-21(12(14)3)10-13-4-5-15(17)16(18)6-13/h4-6,9,11,19H,7-8,10H2,1-3H3. The van der Waals surface area contributed by atoms with Crippen LogP contribution in [0.3, 0.4) is 0 Å². The van der Waals surface area contributed by atoms with Crippen LogP contribution in [-0.2, 0) is 13.1 Å². The molecular formula is C16H21ClFN3. The van der Waals surface area contributed by atoms with E-state index in [0.29, 0.717) is 12.5 Å². The molecule has 3 nitrogen and oxygen atoms in total. The summed E-state index contributed by atoms with van der Waals surface area (Å²) in [5.74, 6) is 0.232. The zero-order valence-electron chi connectivity index (χ0n) is 12.7. The van der Waals surface area contributed by atoms with Crippen LogP contribution >= 0.6 is 11.6 Å². The van der Waals surface area contributed by atoms with Gasteiger partial charge >= 0.3 is 0 Å². The van der Waals surface area contributed by atoms with Crippen LogP contribution in [0.1, 0.15) is 30.7 Å². The largest absolute Gasteiger partial charge is 0.312 e. The molecule has 1 heterocycles. The number of hydrogen-bond donors (Lipinski definition) is 1. The third-order valence-corrected chi connectivity index (χ3v) is 3.70. The summed E-state index contributed by atoms with van der Waals surface area (Å²) in [6.45, 7) is 8.72. The first-order valence-corrected chi connectivity index (χ1v) is 7.51. The van der Waals surface area contributed by atoms with Crippen molar-refractivity contribution >= 4 is 11.6 Å². The van der Waals surface area contributed by atoms with Crippen LogP contribution in [0, 0.1) is 18.7 Å². The lowest BCUT2D eigenvalue weighted by atomic mass is 10.2. The van der Waals surface area contributed by atoms with Gasteiger partial charge in [-0.2, -0.15) is 5.10 Å². The lowest BCUT2D eigenvalue weighted by Crippen LogP contribution is -2.19. The molecule has 1 aromatic heterocycles. The average Bonchev–Trinajstić information content (AvgIpc) is 2.75. The Hall–Kier alpha value is -1.39. The van der Waals surface area contributed by atoms with E-state index in [1.165, 1.54) is 11.6 Å². The van der Waals surface area contributed by atoms with Gasteiger partial charge in [-0.3, -0.25) is 4.68 Å². The number of benzene rings is 1. The Balaban J connectivity index is 2.04. The molecule has 1 N–H and O–H groups in total. The molecule has 0 unspecified atom stereocenters. The quantitative estimate of drug-likeness (QED) is 0.880. The average molecular weight is 310 g/mol. The Kier molecular flexibility index (Phi) is 5.37. The first-order chi connectivity index (χ1) is 9.97. The number of nitrogens with one attached hydrogen (secondary N) is 1. The molecule has 0 saturated heterocycles. The summed E-state index contributed by atoms with van der Waals surface area (Å²) >= 11 is 5.70. The molecule has 2 aromatic rings. The van der Waals surface area contributed by atoms with Gasteiger partial charge in [-0.05, 0) is 37.1 Å². The van der Waals surface area contributed by atoms with Gasteiger partial charge in [0.05, 0.1) is 17.8 Å². The van der Waals surface area contributed by atoms with E-state index in [1.54, 1.807) is 6.07 Å². The third kappa shape index (κ3) is 4.29. The van der Waals surface area contributed by atoms with Gasteiger partial charge in [-0.15, -0.1) is 0 Å². The smallest absolute Gasteiger partial charge is 0.142 e. The molecule has 0 amide bonds. The fourth-order valence-electron chi connectivity index (χ4n) is 2.12. The van der Waals surface area contributed by atoms with Gasteiger partial charge in [-0.25, -0.2) is 4.39 Å². The van der Waals surface area contributed by atoms with E-state index in [9.17, 15) is 4.39 Å². The molecule has 0 bridgehead atoms. The zero-order valence-corrected chi connectivity index (χ0v) is 13.4. The van der Waals surface area contributed by atoms with Crippen molar-refractivity contribution in [2.75, 3.05) is 6.54 Å². The minimum Gasteiger partial charge on any atom is -0.312 e. The summed E-state index contributed by atoms with van der Waals surface area (Å²) in [6.07, 6.45) is 1.87. The first-order valence-electron chi connectivity index (χ1n) is 7.13. The predicted molar refractivity (Wildman–Crippen MR) is 84.0 cm³/mol. The monoisotopic (exact) mass is 309 g/mol. The normalized spacial score (nSPS) is 11.3. The van der Waals surface area contributed by atoms with Crippen LogP contribution < -0.4 is 5.32 Å². The van der Waals surface area contributed by atoms with Crippen LogP contribution in [0.2, 0.25) is 5.02 Å². The summed E-state index contributed by atoms with van der Waals surface area (Å²) in [6, 6.07) is 4.86. The van der Waals surface area contributed by atoms with E-state index in [4.69, 9.17) is 11.6 Å². The van der Waals surface area contributed by atoms with Crippen molar-refractivity contribution in [3.05, 3.63) is 52.1 Å². The maximum Gasteiger partial charge on any atom is 0.142 e. The molecule has 114 valence electrons. The highest BCUT2D eigenvalue weighted by atomic mass is 35.5. The maximum atomic E-state index is 13.5. The second-order valence-corrected chi connectivity index (χ2v) is 6.09. The van der Waals surface area contributed by atoms with E-state index >= 15 is 0 Å². The minimum absolute atomic E-state index is 0.148. The Bertz CT molecular complexity index is 608. The Morgan fingerprint density at radius 3 is 2.81 bits per heavy atom. The van der Waals surface area contributed by atoms with Crippen molar-refractivity contribution in [1.82, 2.24) is 15.1 Å². The highest BCUT2D eigenvalue weighted by molar-refractivity contribution is 6.30. The van der Waals surface area contributed by atoms with Crippen molar-refractivity contribution in [2.24, 2.45) is 5.92 Å². The fraction of sp³-hybridized carbons (Fsp3) is 0.438. The molecule has 0 fully saturated rings. The molecular weight excluding hydrogens is 289 g/mol. The Morgan fingerprint density at radius 2 is 2.14 bits per heavy atom. The molecule has 0 aliphatic heterocycles. The highest BCUT2D eigenvalue weighted by Gasteiger charge is 2.08. The number of hydrogen-bond acceptors (Lipinski definition) is 2. The summed E-state index contributed by atoms with van der Waals surface area (Å²) in [4.78, 5) is 0. The van der Waals surface area contributed by atoms with E-state index in [-0.39, 0.29) is 5.02 Å². The van der Waals surface area contributed by atoms with Crippen molar-refractivity contribution in [2.45, 2.75) is 33.9 Å². The lowest BCUT2D eigenvalue weighted by molar-refractivity contribution is 0.550. The second-order valence-electron chi connectivity index (χ2n) is 5.69. The molecule has 0 spiro atoms. The molecule has 2 rings (SSSR count). The number of halogens is 2. The Labute approximate surface area is 130 Å². The van der Waals surface area contributed by atoms with Gasteiger partial charge in [0, 0.05) is 17.8 Å². The molecule has 5 heteroatoms. The van der Waals surface area contributed by atoms with E-state index in [1.807, 2.05) is 23.9 Å². The highest BCUT2D eigenvalue weighted by Crippen LogP contribution is 2.17. The number of aromatic nitrogens is 2. The minimum atomic E-state index is -0.391. The van der Waals surface area contributed by atoms with Crippen molar-refractivity contribution in [3.63, 3.8) is 0 Å². The SMILES string of the molecule is Cc1c(CNCC(C)C)cnn1Cc1ccc(Cl)c(F)c1. The van der Waals surface area contributed by atoms with E-state index < -0.39 is 5.82 Å². The van der Waals surface area contributed by atoms with Gasteiger partial charge in [-0.1, -0.05) is 31.5 Å². The number of nitrogens with zero attached hydrogens (tertiary/aromatic N) is 2.